The molecule has 0 fully saturated rings. The first kappa shape index (κ1) is 17.2. The molecule has 0 atom stereocenters. The van der Waals surface area contributed by atoms with Crippen molar-refractivity contribution >= 4 is 29.2 Å². The molecule has 2 aromatic carbocycles. The molecule has 0 heterocycles. The smallest absolute Gasteiger partial charge is 0.308 e. The van der Waals surface area contributed by atoms with Crippen molar-refractivity contribution in [1.29, 1.82) is 0 Å². The minimum absolute atomic E-state index is 0.0814. The van der Waals surface area contributed by atoms with Crippen LogP contribution in [0, 0.1) is 0 Å². The lowest BCUT2D eigenvalue weighted by molar-refractivity contribution is -0.131. The molecule has 0 aliphatic heterocycles. The van der Waals surface area contributed by atoms with E-state index in [2.05, 4.69) is 5.32 Å². The van der Waals surface area contributed by atoms with Gasteiger partial charge in [-0.3, -0.25) is 14.4 Å². The number of benzene rings is 2. The highest BCUT2D eigenvalue weighted by atomic mass is 16.5. The summed E-state index contributed by atoms with van der Waals surface area (Å²) in [6.45, 7) is 2.75. The van der Waals surface area contributed by atoms with Crippen molar-refractivity contribution in [3.63, 3.8) is 0 Å². The van der Waals surface area contributed by atoms with Gasteiger partial charge in [0.15, 0.2) is 0 Å². The van der Waals surface area contributed by atoms with Gasteiger partial charge in [-0.2, -0.15) is 0 Å². The van der Waals surface area contributed by atoms with Crippen LogP contribution < -0.4 is 15.0 Å². The van der Waals surface area contributed by atoms with Crippen LogP contribution in [0.3, 0.4) is 0 Å². The molecule has 0 aliphatic rings. The predicted molar refractivity (Wildman–Crippen MR) is 91.2 cm³/mol. The van der Waals surface area contributed by atoms with Crippen molar-refractivity contribution in [1.82, 2.24) is 0 Å². The van der Waals surface area contributed by atoms with Crippen molar-refractivity contribution in [2.24, 2.45) is 0 Å². The summed E-state index contributed by atoms with van der Waals surface area (Å²) in [5, 5.41) is 2.73. The van der Waals surface area contributed by atoms with Crippen LogP contribution in [-0.2, 0) is 9.59 Å². The van der Waals surface area contributed by atoms with Crippen LogP contribution in [0.25, 0.3) is 0 Å². The quantitative estimate of drug-likeness (QED) is 0.692. The first-order chi connectivity index (χ1) is 11.4. The first-order valence-electron chi connectivity index (χ1n) is 7.31. The molecule has 0 aliphatic carbocycles. The maximum absolute atomic E-state index is 12.4. The molecule has 6 heteroatoms. The standard InChI is InChI=1S/C18H18N2O4/c1-12(21)20(3)15-10-8-14(9-11-15)19-18(23)16-6-4-5-7-17(16)24-13(2)22/h4-11H,1-3H3,(H,19,23). The Morgan fingerprint density at radius 2 is 1.58 bits per heavy atom. The topological polar surface area (TPSA) is 75.7 Å². The zero-order valence-corrected chi connectivity index (χ0v) is 13.7. The van der Waals surface area contributed by atoms with E-state index in [0.717, 1.165) is 5.69 Å². The predicted octanol–water partition coefficient (Wildman–Crippen LogP) is 2.85. The third-order valence-electron chi connectivity index (χ3n) is 3.37. The van der Waals surface area contributed by atoms with Gasteiger partial charge in [0.1, 0.15) is 5.75 Å². The zero-order chi connectivity index (χ0) is 17.7. The number of carbonyl (C=O) groups is 3. The largest absolute Gasteiger partial charge is 0.426 e. The number of rotatable bonds is 4. The lowest BCUT2D eigenvalue weighted by atomic mass is 10.1. The monoisotopic (exact) mass is 326 g/mol. The molecule has 1 N–H and O–H groups in total. The number of nitrogens with zero attached hydrogens (tertiary/aromatic N) is 1. The summed E-state index contributed by atoms with van der Waals surface area (Å²) in [6, 6.07) is 13.4. The Balaban J connectivity index is 2.15. The second-order valence-corrected chi connectivity index (χ2v) is 5.17. The van der Waals surface area contributed by atoms with Gasteiger partial charge < -0.3 is 15.0 Å². The molecule has 6 nitrogen and oxygen atoms in total. The summed E-state index contributed by atoms with van der Waals surface area (Å²) in [7, 11) is 1.67. The Hall–Kier alpha value is -3.15. The molecule has 0 saturated carbocycles. The number of para-hydroxylation sites is 1. The minimum Gasteiger partial charge on any atom is -0.426 e. The van der Waals surface area contributed by atoms with Crippen LogP contribution in [0.4, 0.5) is 11.4 Å². The summed E-state index contributed by atoms with van der Waals surface area (Å²) >= 11 is 0. The highest BCUT2D eigenvalue weighted by Gasteiger charge is 2.14. The van der Waals surface area contributed by atoms with E-state index in [1.165, 1.54) is 18.7 Å². The first-order valence-corrected chi connectivity index (χ1v) is 7.31. The fraction of sp³-hybridized carbons (Fsp3) is 0.167. The Kier molecular flexibility index (Phi) is 5.31. The molecular formula is C18H18N2O4. The van der Waals surface area contributed by atoms with Crippen LogP contribution in [0.2, 0.25) is 0 Å². The second-order valence-electron chi connectivity index (χ2n) is 5.17. The molecule has 24 heavy (non-hydrogen) atoms. The third-order valence-corrected chi connectivity index (χ3v) is 3.37. The van der Waals surface area contributed by atoms with Gasteiger partial charge >= 0.3 is 5.97 Å². The van der Waals surface area contributed by atoms with Gasteiger partial charge in [0.05, 0.1) is 5.56 Å². The van der Waals surface area contributed by atoms with E-state index in [1.54, 1.807) is 55.6 Å². The normalized spacial score (nSPS) is 9.96. The van der Waals surface area contributed by atoms with Gasteiger partial charge in [0, 0.05) is 32.3 Å². The summed E-state index contributed by atoms with van der Waals surface area (Å²) < 4.78 is 5.04. The molecular weight excluding hydrogens is 308 g/mol. The lowest BCUT2D eigenvalue weighted by Crippen LogP contribution is -2.22. The van der Waals surface area contributed by atoms with E-state index in [1.807, 2.05) is 0 Å². The summed E-state index contributed by atoms with van der Waals surface area (Å²) in [5.41, 5.74) is 1.55. The Labute approximate surface area is 140 Å². The summed E-state index contributed by atoms with van der Waals surface area (Å²) in [5.74, 6) is -0.760. The number of amides is 2. The van der Waals surface area contributed by atoms with Gasteiger partial charge in [0.2, 0.25) is 5.91 Å². The second kappa shape index (κ2) is 7.41. The van der Waals surface area contributed by atoms with E-state index in [4.69, 9.17) is 4.74 Å². The van der Waals surface area contributed by atoms with Crippen LogP contribution >= 0.6 is 0 Å². The van der Waals surface area contributed by atoms with Gasteiger partial charge in [0.25, 0.3) is 5.91 Å². The highest BCUT2D eigenvalue weighted by molar-refractivity contribution is 6.06. The van der Waals surface area contributed by atoms with Crippen molar-refractivity contribution in [3.8, 4) is 5.75 Å². The molecule has 0 spiro atoms. The number of carbonyl (C=O) groups excluding carboxylic acids is 3. The van der Waals surface area contributed by atoms with Crippen LogP contribution in [0.1, 0.15) is 24.2 Å². The van der Waals surface area contributed by atoms with Crippen molar-refractivity contribution in [2.45, 2.75) is 13.8 Å². The lowest BCUT2D eigenvalue weighted by Gasteiger charge is -2.15. The number of hydrogen-bond acceptors (Lipinski definition) is 4. The fourth-order valence-electron chi connectivity index (χ4n) is 2.05. The van der Waals surface area contributed by atoms with E-state index < -0.39 is 5.97 Å². The van der Waals surface area contributed by atoms with Gasteiger partial charge in [-0.1, -0.05) is 12.1 Å². The average molecular weight is 326 g/mol. The molecule has 2 aromatic rings. The average Bonchev–Trinajstić information content (AvgIpc) is 2.54. The van der Waals surface area contributed by atoms with Crippen molar-refractivity contribution < 1.29 is 19.1 Å². The number of anilines is 2. The summed E-state index contributed by atoms with van der Waals surface area (Å²) in [6.07, 6.45) is 0. The van der Waals surface area contributed by atoms with Gasteiger partial charge in [-0.25, -0.2) is 0 Å². The SMILES string of the molecule is CC(=O)Oc1ccccc1C(=O)Nc1ccc(N(C)C(C)=O)cc1. The number of nitrogens with one attached hydrogen (secondary N) is 1. The van der Waals surface area contributed by atoms with Crippen molar-refractivity contribution in [3.05, 3.63) is 54.1 Å². The van der Waals surface area contributed by atoms with Crippen LogP contribution in [0.5, 0.6) is 5.75 Å². The highest BCUT2D eigenvalue weighted by Crippen LogP contribution is 2.21. The number of ether oxygens (including phenoxy) is 1. The number of esters is 1. The van der Waals surface area contributed by atoms with Crippen LogP contribution in [0.15, 0.2) is 48.5 Å². The Bertz CT molecular complexity index is 769. The third kappa shape index (κ3) is 4.19. The molecule has 0 radical (unpaired) electrons. The van der Waals surface area contributed by atoms with Crippen LogP contribution in [-0.4, -0.2) is 24.8 Å². The molecule has 0 unspecified atom stereocenters. The fourth-order valence-corrected chi connectivity index (χ4v) is 2.05. The van der Waals surface area contributed by atoms with Gasteiger partial charge in [-0.15, -0.1) is 0 Å². The van der Waals surface area contributed by atoms with Crippen molar-refractivity contribution in [2.75, 3.05) is 17.3 Å². The maximum atomic E-state index is 12.4. The molecule has 0 bridgehead atoms. The molecule has 0 saturated heterocycles. The van der Waals surface area contributed by atoms with Gasteiger partial charge in [-0.05, 0) is 36.4 Å². The summed E-state index contributed by atoms with van der Waals surface area (Å²) in [4.78, 5) is 36.3. The Morgan fingerprint density at radius 3 is 2.17 bits per heavy atom. The van der Waals surface area contributed by atoms with E-state index in [9.17, 15) is 14.4 Å². The van der Waals surface area contributed by atoms with E-state index in [0.29, 0.717) is 5.69 Å². The van der Waals surface area contributed by atoms with E-state index >= 15 is 0 Å². The molecule has 0 aromatic heterocycles. The zero-order valence-electron chi connectivity index (χ0n) is 13.7. The van der Waals surface area contributed by atoms with E-state index in [-0.39, 0.29) is 23.1 Å². The molecule has 124 valence electrons. The molecule has 2 rings (SSSR count). The molecule has 2 amide bonds. The Morgan fingerprint density at radius 1 is 0.958 bits per heavy atom. The maximum Gasteiger partial charge on any atom is 0.308 e. The number of hydrogen-bond donors (Lipinski definition) is 1. The minimum atomic E-state index is -0.494.